The summed E-state index contributed by atoms with van der Waals surface area (Å²) in [7, 11) is 0. The van der Waals surface area contributed by atoms with Crippen LogP contribution in [-0.4, -0.2) is 38.6 Å². The van der Waals surface area contributed by atoms with Crippen LogP contribution in [0.1, 0.15) is 36.8 Å². The SMILES string of the molecule is [C-]#[N+]c1cc(-c2nc(-c3ccc(Cn4ccc(C(=O)OCC)n4)cc3Br)no2)ccc1OC(C)C. The molecule has 35 heavy (non-hydrogen) atoms. The van der Waals surface area contributed by atoms with Crippen LogP contribution in [0.2, 0.25) is 0 Å². The summed E-state index contributed by atoms with van der Waals surface area (Å²) >= 11 is 3.59. The van der Waals surface area contributed by atoms with E-state index < -0.39 is 5.97 Å². The molecule has 0 amide bonds. The van der Waals surface area contributed by atoms with Crippen molar-refractivity contribution >= 4 is 27.6 Å². The molecule has 0 radical (unpaired) electrons. The van der Waals surface area contributed by atoms with Crippen molar-refractivity contribution in [3.8, 4) is 28.6 Å². The molecule has 0 saturated heterocycles. The van der Waals surface area contributed by atoms with Crippen molar-refractivity contribution < 1.29 is 18.8 Å². The molecule has 10 heteroatoms. The molecule has 0 bridgehead atoms. The lowest BCUT2D eigenvalue weighted by molar-refractivity contribution is 0.0518. The monoisotopic (exact) mass is 535 g/mol. The van der Waals surface area contributed by atoms with Crippen LogP contribution < -0.4 is 4.74 Å². The van der Waals surface area contributed by atoms with Gasteiger partial charge in [-0.15, -0.1) is 0 Å². The Balaban J connectivity index is 1.52. The van der Waals surface area contributed by atoms with Gasteiger partial charge in [0, 0.05) is 21.8 Å². The molecule has 0 aliphatic rings. The molecule has 178 valence electrons. The molecule has 4 aromatic rings. The second kappa shape index (κ2) is 10.5. The van der Waals surface area contributed by atoms with E-state index in [2.05, 4.69) is 36.0 Å². The second-order valence-corrected chi connectivity index (χ2v) is 8.67. The Morgan fingerprint density at radius 2 is 2.06 bits per heavy atom. The first-order valence-corrected chi connectivity index (χ1v) is 11.7. The summed E-state index contributed by atoms with van der Waals surface area (Å²) < 4.78 is 18.6. The van der Waals surface area contributed by atoms with Crippen LogP contribution in [-0.2, 0) is 11.3 Å². The number of aromatic nitrogens is 4. The van der Waals surface area contributed by atoms with Gasteiger partial charge in [0.1, 0.15) is 5.75 Å². The van der Waals surface area contributed by atoms with Crippen LogP contribution in [0.15, 0.2) is 57.7 Å². The van der Waals surface area contributed by atoms with Crippen molar-refractivity contribution in [2.24, 2.45) is 0 Å². The molecular weight excluding hydrogens is 514 g/mol. The molecule has 4 rings (SSSR count). The smallest absolute Gasteiger partial charge is 0.358 e. The number of nitrogens with zero attached hydrogens (tertiary/aromatic N) is 5. The van der Waals surface area contributed by atoms with Crippen molar-refractivity contribution in [3.05, 3.63) is 75.8 Å². The quantitative estimate of drug-likeness (QED) is 0.204. The number of carbonyl (C=O) groups is 1. The Labute approximate surface area is 210 Å². The summed E-state index contributed by atoms with van der Waals surface area (Å²) in [5.41, 5.74) is 3.00. The van der Waals surface area contributed by atoms with E-state index in [1.165, 1.54) is 0 Å². The highest BCUT2D eigenvalue weighted by Crippen LogP contribution is 2.34. The van der Waals surface area contributed by atoms with Gasteiger partial charge in [-0.25, -0.2) is 9.64 Å². The van der Waals surface area contributed by atoms with Crippen LogP contribution in [0, 0.1) is 6.57 Å². The predicted octanol–water partition coefficient (Wildman–Crippen LogP) is 5.93. The fraction of sp³-hybridized carbons (Fsp3) is 0.240. The Bertz CT molecular complexity index is 1400. The molecule has 0 unspecified atom stereocenters. The average molecular weight is 536 g/mol. The molecule has 0 fully saturated rings. The Hall–Kier alpha value is -3.97. The van der Waals surface area contributed by atoms with E-state index in [-0.39, 0.29) is 11.8 Å². The van der Waals surface area contributed by atoms with Gasteiger partial charge in [0.2, 0.25) is 11.5 Å². The van der Waals surface area contributed by atoms with Gasteiger partial charge < -0.3 is 14.0 Å². The van der Waals surface area contributed by atoms with E-state index in [1.54, 1.807) is 42.1 Å². The van der Waals surface area contributed by atoms with E-state index in [4.69, 9.17) is 20.6 Å². The number of benzene rings is 2. The third-order valence-electron chi connectivity index (χ3n) is 4.86. The van der Waals surface area contributed by atoms with Gasteiger partial charge in [0.05, 0.1) is 25.8 Å². The molecule has 0 aliphatic heterocycles. The van der Waals surface area contributed by atoms with Crippen molar-refractivity contribution in [3.63, 3.8) is 0 Å². The molecule has 0 spiro atoms. The Morgan fingerprint density at radius 3 is 2.77 bits per heavy atom. The van der Waals surface area contributed by atoms with Gasteiger partial charge >= 0.3 is 5.97 Å². The number of rotatable bonds is 8. The first-order chi connectivity index (χ1) is 16.9. The number of halogens is 1. The molecule has 2 heterocycles. The highest BCUT2D eigenvalue weighted by molar-refractivity contribution is 9.10. The largest absolute Gasteiger partial charge is 0.502 e. The topological polar surface area (TPSA) is 96.6 Å². The van der Waals surface area contributed by atoms with Crippen LogP contribution in [0.25, 0.3) is 27.7 Å². The van der Waals surface area contributed by atoms with Gasteiger partial charge in [0.15, 0.2) is 5.69 Å². The van der Waals surface area contributed by atoms with Crippen LogP contribution in [0.4, 0.5) is 5.69 Å². The van der Waals surface area contributed by atoms with Gasteiger partial charge in [-0.2, -0.15) is 10.1 Å². The third-order valence-corrected chi connectivity index (χ3v) is 5.52. The Kier molecular flexibility index (Phi) is 7.27. The van der Waals surface area contributed by atoms with Crippen molar-refractivity contribution in [2.75, 3.05) is 6.61 Å². The lowest BCUT2D eigenvalue weighted by Gasteiger charge is -2.11. The molecule has 0 atom stereocenters. The minimum absolute atomic E-state index is 0.0374. The van der Waals surface area contributed by atoms with Gasteiger partial charge in [-0.05, 0) is 62.7 Å². The number of carbonyl (C=O) groups excluding carboxylic acids is 1. The van der Waals surface area contributed by atoms with Gasteiger partial charge in [-0.1, -0.05) is 27.2 Å². The van der Waals surface area contributed by atoms with E-state index >= 15 is 0 Å². The molecule has 2 aromatic heterocycles. The third kappa shape index (κ3) is 5.58. The lowest BCUT2D eigenvalue weighted by atomic mass is 10.1. The zero-order valence-corrected chi connectivity index (χ0v) is 20.9. The average Bonchev–Trinajstić information content (AvgIpc) is 3.49. The number of hydrogen-bond acceptors (Lipinski definition) is 7. The Morgan fingerprint density at radius 1 is 1.23 bits per heavy atom. The van der Waals surface area contributed by atoms with Gasteiger partial charge in [0.25, 0.3) is 5.89 Å². The van der Waals surface area contributed by atoms with Crippen molar-refractivity contribution in [1.29, 1.82) is 0 Å². The zero-order chi connectivity index (χ0) is 24.9. The van der Waals surface area contributed by atoms with Gasteiger partial charge in [-0.3, -0.25) is 4.68 Å². The first kappa shape index (κ1) is 24.2. The summed E-state index contributed by atoms with van der Waals surface area (Å²) in [6.45, 7) is 13.8. The van der Waals surface area contributed by atoms with E-state index in [1.807, 2.05) is 32.0 Å². The molecule has 0 saturated carbocycles. The molecule has 9 nitrogen and oxygen atoms in total. The first-order valence-electron chi connectivity index (χ1n) is 10.9. The van der Waals surface area contributed by atoms with E-state index in [0.717, 1.165) is 15.6 Å². The summed E-state index contributed by atoms with van der Waals surface area (Å²) in [6, 6.07) is 12.6. The standard InChI is InChI=1S/C25H22BrN5O4/c1-5-33-25(32)20-10-11-31(29-20)14-16-6-8-18(19(26)12-16)23-28-24(35-30-23)17-7-9-22(34-15(2)3)21(13-17)27-4/h6-13,15H,5,14H2,1-3H3. The predicted molar refractivity (Wildman–Crippen MR) is 132 cm³/mol. The van der Waals surface area contributed by atoms with Crippen molar-refractivity contribution in [1.82, 2.24) is 19.9 Å². The number of ether oxygens (including phenoxy) is 2. The lowest BCUT2D eigenvalue weighted by Crippen LogP contribution is -2.07. The zero-order valence-electron chi connectivity index (χ0n) is 19.4. The summed E-state index contributed by atoms with van der Waals surface area (Å²) in [4.78, 5) is 19.9. The minimum Gasteiger partial charge on any atom is -0.502 e. The normalized spacial score (nSPS) is 10.9. The molecular formula is C25H22BrN5O4. The summed E-state index contributed by atoms with van der Waals surface area (Å²) in [5, 5.41) is 8.37. The molecule has 2 aromatic carbocycles. The summed E-state index contributed by atoms with van der Waals surface area (Å²) in [5.74, 6) is 0.790. The maximum absolute atomic E-state index is 11.8. The molecule has 0 aliphatic carbocycles. The number of esters is 1. The maximum Gasteiger partial charge on any atom is 0.358 e. The van der Waals surface area contributed by atoms with Crippen LogP contribution in [0.5, 0.6) is 5.75 Å². The van der Waals surface area contributed by atoms with Crippen LogP contribution >= 0.6 is 15.9 Å². The minimum atomic E-state index is -0.443. The number of hydrogen-bond donors (Lipinski definition) is 0. The highest BCUT2D eigenvalue weighted by atomic mass is 79.9. The fourth-order valence-electron chi connectivity index (χ4n) is 3.33. The van der Waals surface area contributed by atoms with E-state index in [0.29, 0.717) is 41.9 Å². The second-order valence-electron chi connectivity index (χ2n) is 7.82. The van der Waals surface area contributed by atoms with E-state index in [9.17, 15) is 4.79 Å². The van der Waals surface area contributed by atoms with Crippen molar-refractivity contribution in [2.45, 2.75) is 33.4 Å². The fourth-order valence-corrected chi connectivity index (χ4v) is 3.93. The molecule has 0 N–H and O–H groups in total. The summed E-state index contributed by atoms with van der Waals surface area (Å²) in [6.07, 6.45) is 1.69. The van der Waals surface area contributed by atoms with Crippen LogP contribution in [0.3, 0.4) is 0 Å². The maximum atomic E-state index is 11.8. The highest BCUT2D eigenvalue weighted by Gasteiger charge is 2.16.